The van der Waals surface area contributed by atoms with Crippen LogP contribution in [-0.4, -0.2) is 35.8 Å². The topological polar surface area (TPSA) is 88.8 Å². The van der Waals surface area contributed by atoms with Crippen molar-refractivity contribution in [2.75, 3.05) is 13.2 Å². The number of nitrogens with zero attached hydrogens (tertiary/aromatic N) is 1. The van der Waals surface area contributed by atoms with Crippen LogP contribution in [0.1, 0.15) is 30.7 Å². The van der Waals surface area contributed by atoms with E-state index in [-0.39, 0.29) is 37.4 Å². The van der Waals surface area contributed by atoms with Crippen LogP contribution in [0.5, 0.6) is 0 Å². The van der Waals surface area contributed by atoms with E-state index in [0.29, 0.717) is 12.3 Å². The number of carbonyl (C=O) groups is 3. The number of benzene rings is 1. The van der Waals surface area contributed by atoms with E-state index in [0.717, 1.165) is 5.56 Å². The third-order valence-corrected chi connectivity index (χ3v) is 4.50. The number of carbonyl (C=O) groups excluding carboxylic acids is 3. The quantitative estimate of drug-likeness (QED) is 0.754. The number of furan rings is 1. The van der Waals surface area contributed by atoms with Crippen molar-refractivity contribution in [1.29, 1.82) is 0 Å². The molecule has 0 bridgehead atoms. The van der Waals surface area contributed by atoms with E-state index in [1.807, 2.05) is 37.3 Å². The van der Waals surface area contributed by atoms with Gasteiger partial charge in [0.15, 0.2) is 6.61 Å². The molecule has 0 aliphatic carbocycles. The van der Waals surface area contributed by atoms with Crippen LogP contribution >= 0.6 is 0 Å². The number of hydrogen-bond acceptors (Lipinski definition) is 5. The summed E-state index contributed by atoms with van der Waals surface area (Å²) in [5.74, 6) is -0.946. The summed E-state index contributed by atoms with van der Waals surface area (Å²) in [6, 6.07) is 12.8. The molecule has 1 saturated heterocycles. The van der Waals surface area contributed by atoms with Gasteiger partial charge in [-0.25, -0.2) is 0 Å². The number of nitrogens with one attached hydrogen (secondary N) is 1. The summed E-state index contributed by atoms with van der Waals surface area (Å²) in [5.41, 5.74) is 0.965. The van der Waals surface area contributed by atoms with E-state index in [9.17, 15) is 14.4 Å². The lowest BCUT2D eigenvalue weighted by molar-refractivity contribution is -0.152. The molecule has 27 heavy (non-hydrogen) atoms. The first-order valence-electron chi connectivity index (χ1n) is 8.84. The lowest BCUT2D eigenvalue weighted by Gasteiger charge is -2.16. The molecule has 7 nitrogen and oxygen atoms in total. The summed E-state index contributed by atoms with van der Waals surface area (Å²) in [6.45, 7) is 2.08. The van der Waals surface area contributed by atoms with E-state index in [4.69, 9.17) is 9.15 Å². The van der Waals surface area contributed by atoms with E-state index >= 15 is 0 Å². The zero-order valence-corrected chi connectivity index (χ0v) is 15.1. The largest absolute Gasteiger partial charge is 0.467 e. The first kappa shape index (κ1) is 18.7. The molecular weight excluding hydrogens is 348 g/mol. The van der Waals surface area contributed by atoms with Crippen molar-refractivity contribution < 1.29 is 23.5 Å². The van der Waals surface area contributed by atoms with Gasteiger partial charge in [0.25, 0.3) is 5.91 Å². The van der Waals surface area contributed by atoms with Crippen molar-refractivity contribution in [2.45, 2.75) is 25.9 Å². The molecule has 1 aliphatic rings. The smallest absolute Gasteiger partial charge is 0.311 e. The maximum Gasteiger partial charge on any atom is 0.311 e. The van der Waals surface area contributed by atoms with Gasteiger partial charge in [0.2, 0.25) is 5.91 Å². The summed E-state index contributed by atoms with van der Waals surface area (Å²) in [6.07, 6.45) is 1.62. The Bertz CT molecular complexity index is 788. The first-order valence-corrected chi connectivity index (χ1v) is 8.84. The third-order valence-electron chi connectivity index (χ3n) is 4.50. The van der Waals surface area contributed by atoms with Crippen LogP contribution in [0.25, 0.3) is 0 Å². The standard InChI is InChI=1S/C20H22N2O5/c1-14(15-6-3-2-4-7-15)21-18(23)13-27-20(25)16-10-19(24)22(11-16)12-17-8-5-9-26-17/h2-9,14,16H,10-13H2,1H3,(H,21,23)/t14-,16-/m0/s1. The highest BCUT2D eigenvalue weighted by molar-refractivity contribution is 5.88. The second-order valence-corrected chi connectivity index (χ2v) is 6.56. The fourth-order valence-electron chi connectivity index (χ4n) is 3.04. The Hall–Kier alpha value is -3.09. The molecule has 7 heteroatoms. The van der Waals surface area contributed by atoms with Gasteiger partial charge >= 0.3 is 5.97 Å². The molecule has 0 radical (unpaired) electrons. The molecule has 1 N–H and O–H groups in total. The van der Waals surface area contributed by atoms with Crippen molar-refractivity contribution in [3.8, 4) is 0 Å². The molecule has 0 spiro atoms. The van der Waals surface area contributed by atoms with Gasteiger partial charge in [-0.15, -0.1) is 0 Å². The number of amides is 2. The Kier molecular flexibility index (Phi) is 5.90. The lowest BCUT2D eigenvalue weighted by atomic mass is 10.1. The Morgan fingerprint density at radius 3 is 2.74 bits per heavy atom. The molecule has 1 fully saturated rings. The van der Waals surface area contributed by atoms with E-state index in [1.165, 1.54) is 6.26 Å². The summed E-state index contributed by atoms with van der Waals surface area (Å²) in [7, 11) is 0. The van der Waals surface area contributed by atoms with Crippen LogP contribution in [0.3, 0.4) is 0 Å². The van der Waals surface area contributed by atoms with Gasteiger partial charge in [0.05, 0.1) is 24.8 Å². The second kappa shape index (κ2) is 8.53. The van der Waals surface area contributed by atoms with Gasteiger partial charge < -0.3 is 19.4 Å². The van der Waals surface area contributed by atoms with Crippen molar-refractivity contribution in [3.63, 3.8) is 0 Å². The molecular formula is C20H22N2O5. The van der Waals surface area contributed by atoms with Gasteiger partial charge in [-0.2, -0.15) is 0 Å². The number of hydrogen-bond donors (Lipinski definition) is 1. The van der Waals surface area contributed by atoms with Crippen LogP contribution in [0.4, 0.5) is 0 Å². The molecule has 3 rings (SSSR count). The van der Waals surface area contributed by atoms with Crippen molar-refractivity contribution in [3.05, 3.63) is 60.1 Å². The van der Waals surface area contributed by atoms with Crippen molar-refractivity contribution >= 4 is 17.8 Å². The summed E-state index contributed by atoms with van der Waals surface area (Å²) >= 11 is 0. The Labute approximate surface area is 157 Å². The number of esters is 1. The van der Waals surface area contributed by atoms with Crippen LogP contribution in [0.2, 0.25) is 0 Å². The van der Waals surface area contributed by atoms with Gasteiger partial charge in [-0.05, 0) is 24.6 Å². The molecule has 1 aromatic carbocycles. The fraction of sp³-hybridized carbons (Fsp3) is 0.350. The summed E-state index contributed by atoms with van der Waals surface area (Å²) < 4.78 is 10.3. The minimum Gasteiger partial charge on any atom is -0.467 e. The molecule has 0 saturated carbocycles. The second-order valence-electron chi connectivity index (χ2n) is 6.56. The molecule has 1 aromatic heterocycles. The van der Waals surface area contributed by atoms with Crippen LogP contribution < -0.4 is 5.32 Å². The van der Waals surface area contributed by atoms with E-state index in [1.54, 1.807) is 17.0 Å². The first-order chi connectivity index (χ1) is 13.0. The fourth-order valence-corrected chi connectivity index (χ4v) is 3.04. The van der Waals surface area contributed by atoms with Gasteiger partial charge in [-0.3, -0.25) is 14.4 Å². The highest BCUT2D eigenvalue weighted by atomic mass is 16.5. The molecule has 2 atom stereocenters. The highest BCUT2D eigenvalue weighted by Gasteiger charge is 2.35. The van der Waals surface area contributed by atoms with Gasteiger partial charge in [0.1, 0.15) is 5.76 Å². The average molecular weight is 370 g/mol. The normalized spacial score (nSPS) is 17.6. The van der Waals surface area contributed by atoms with Crippen molar-refractivity contribution in [1.82, 2.24) is 10.2 Å². The van der Waals surface area contributed by atoms with Crippen LogP contribution in [-0.2, 0) is 25.7 Å². The van der Waals surface area contributed by atoms with Gasteiger partial charge in [-0.1, -0.05) is 30.3 Å². The Morgan fingerprint density at radius 1 is 1.26 bits per heavy atom. The van der Waals surface area contributed by atoms with Gasteiger partial charge in [0, 0.05) is 13.0 Å². The molecule has 1 aliphatic heterocycles. The van der Waals surface area contributed by atoms with Crippen LogP contribution in [0.15, 0.2) is 53.1 Å². The Morgan fingerprint density at radius 2 is 2.04 bits per heavy atom. The maximum atomic E-state index is 12.2. The predicted molar refractivity (Wildman–Crippen MR) is 96.2 cm³/mol. The number of ether oxygens (including phenoxy) is 1. The SMILES string of the molecule is C[C@H](NC(=O)COC(=O)[C@H]1CC(=O)N(Cc2ccco2)C1)c1ccccc1. The van der Waals surface area contributed by atoms with E-state index in [2.05, 4.69) is 5.32 Å². The highest BCUT2D eigenvalue weighted by Crippen LogP contribution is 2.21. The minimum absolute atomic E-state index is 0.0849. The lowest BCUT2D eigenvalue weighted by Crippen LogP contribution is -2.32. The summed E-state index contributed by atoms with van der Waals surface area (Å²) in [4.78, 5) is 37.8. The molecule has 0 unspecified atom stereocenters. The minimum atomic E-state index is -0.563. The predicted octanol–water partition coefficient (Wildman–Crippen LogP) is 2.05. The zero-order valence-electron chi connectivity index (χ0n) is 15.1. The maximum absolute atomic E-state index is 12.2. The van der Waals surface area contributed by atoms with E-state index < -0.39 is 11.9 Å². The summed E-state index contributed by atoms with van der Waals surface area (Å²) in [5, 5.41) is 2.78. The number of likely N-dealkylation sites (tertiary alicyclic amines) is 1. The molecule has 2 amide bonds. The van der Waals surface area contributed by atoms with Crippen LogP contribution in [0, 0.1) is 5.92 Å². The monoisotopic (exact) mass is 370 g/mol. The molecule has 2 aromatic rings. The van der Waals surface area contributed by atoms with Crippen molar-refractivity contribution in [2.24, 2.45) is 5.92 Å². The molecule has 2 heterocycles. The Balaban J connectivity index is 1.44. The third kappa shape index (κ3) is 4.97. The molecule has 142 valence electrons. The zero-order chi connectivity index (χ0) is 19.2. The average Bonchev–Trinajstić information content (AvgIpc) is 3.31. The number of rotatable bonds is 7.